The number of carbonyl (C=O) groups is 2. The summed E-state index contributed by atoms with van der Waals surface area (Å²) >= 11 is 0. The predicted molar refractivity (Wildman–Crippen MR) is 89.8 cm³/mol. The van der Waals surface area contributed by atoms with Gasteiger partial charge in [-0.25, -0.2) is 4.79 Å². The van der Waals surface area contributed by atoms with Gasteiger partial charge >= 0.3 is 12.2 Å². The van der Waals surface area contributed by atoms with Gasteiger partial charge in [0.05, 0.1) is 5.56 Å². The maximum Gasteiger partial charge on any atom is 0.416 e. The third-order valence-corrected chi connectivity index (χ3v) is 4.69. The standard InChI is InChI=1S/C17H21F3N4O2/c18-17(19,20)12-3-1-4-13(11-12)23-7-9-24(10-8-23)16(26)22-14-5-2-6-21-15(14)25/h1,3-4,11,14H,2,5-10H2,(H,21,25)(H,22,26). The van der Waals surface area contributed by atoms with E-state index in [2.05, 4.69) is 10.6 Å². The quantitative estimate of drug-likeness (QED) is 0.835. The minimum Gasteiger partial charge on any atom is -0.368 e. The summed E-state index contributed by atoms with van der Waals surface area (Å²) in [5.41, 5.74) is -0.190. The summed E-state index contributed by atoms with van der Waals surface area (Å²) in [5.74, 6) is -0.174. The fourth-order valence-electron chi connectivity index (χ4n) is 3.20. The fraction of sp³-hybridized carbons (Fsp3) is 0.529. The molecule has 9 heteroatoms. The zero-order chi connectivity index (χ0) is 18.7. The second-order valence-corrected chi connectivity index (χ2v) is 6.46. The van der Waals surface area contributed by atoms with Crippen LogP contribution in [-0.2, 0) is 11.0 Å². The summed E-state index contributed by atoms with van der Waals surface area (Å²) in [6, 6.07) is 4.37. The summed E-state index contributed by atoms with van der Waals surface area (Å²) in [6.45, 7) is 2.27. The van der Waals surface area contributed by atoms with E-state index in [0.717, 1.165) is 18.6 Å². The number of hydrogen-bond donors (Lipinski definition) is 2. The van der Waals surface area contributed by atoms with Gasteiger partial charge in [-0.1, -0.05) is 6.07 Å². The van der Waals surface area contributed by atoms with Crippen LogP contribution in [-0.4, -0.2) is 55.6 Å². The van der Waals surface area contributed by atoms with Gasteiger partial charge in [0.2, 0.25) is 5.91 Å². The van der Waals surface area contributed by atoms with Crippen LogP contribution in [0.25, 0.3) is 0 Å². The van der Waals surface area contributed by atoms with Crippen LogP contribution in [0, 0.1) is 0 Å². The Morgan fingerprint density at radius 1 is 1.19 bits per heavy atom. The van der Waals surface area contributed by atoms with Crippen molar-refractivity contribution in [3.05, 3.63) is 29.8 Å². The minimum absolute atomic E-state index is 0.174. The van der Waals surface area contributed by atoms with E-state index in [1.807, 2.05) is 4.90 Å². The summed E-state index contributed by atoms with van der Waals surface area (Å²) in [5, 5.41) is 5.44. The van der Waals surface area contributed by atoms with Crippen molar-refractivity contribution in [2.75, 3.05) is 37.6 Å². The molecule has 2 heterocycles. The molecular formula is C17H21F3N4O2. The lowest BCUT2D eigenvalue weighted by atomic mass is 10.1. The fourth-order valence-corrected chi connectivity index (χ4v) is 3.20. The van der Waals surface area contributed by atoms with Crippen LogP contribution in [0.2, 0.25) is 0 Å². The van der Waals surface area contributed by atoms with E-state index < -0.39 is 17.8 Å². The van der Waals surface area contributed by atoms with Crippen LogP contribution in [0.1, 0.15) is 18.4 Å². The van der Waals surface area contributed by atoms with Crippen molar-refractivity contribution < 1.29 is 22.8 Å². The highest BCUT2D eigenvalue weighted by atomic mass is 19.4. The molecule has 26 heavy (non-hydrogen) atoms. The molecule has 0 radical (unpaired) electrons. The van der Waals surface area contributed by atoms with Gasteiger partial charge in [-0.3, -0.25) is 4.79 Å². The maximum atomic E-state index is 12.8. The molecule has 0 aromatic heterocycles. The Morgan fingerprint density at radius 2 is 1.92 bits per heavy atom. The third kappa shape index (κ3) is 4.20. The first-order chi connectivity index (χ1) is 12.3. The molecule has 3 amide bonds. The number of amides is 3. The lowest BCUT2D eigenvalue weighted by Crippen LogP contribution is -2.57. The molecule has 2 N–H and O–H groups in total. The van der Waals surface area contributed by atoms with Crippen molar-refractivity contribution >= 4 is 17.6 Å². The normalized spacial score (nSPS) is 21.3. The topological polar surface area (TPSA) is 64.7 Å². The lowest BCUT2D eigenvalue weighted by molar-refractivity contribution is -0.137. The molecule has 0 aliphatic carbocycles. The van der Waals surface area contributed by atoms with Crippen molar-refractivity contribution in [2.24, 2.45) is 0 Å². The monoisotopic (exact) mass is 370 g/mol. The first-order valence-electron chi connectivity index (χ1n) is 8.60. The number of halogens is 3. The van der Waals surface area contributed by atoms with Crippen molar-refractivity contribution in [3.8, 4) is 0 Å². The molecule has 2 saturated heterocycles. The van der Waals surface area contributed by atoms with Gasteiger partial charge < -0.3 is 20.4 Å². The zero-order valence-corrected chi connectivity index (χ0v) is 14.2. The molecule has 3 rings (SSSR count). The van der Waals surface area contributed by atoms with Crippen molar-refractivity contribution in [1.82, 2.24) is 15.5 Å². The zero-order valence-electron chi connectivity index (χ0n) is 14.2. The van der Waals surface area contributed by atoms with Gasteiger partial charge in [0.1, 0.15) is 6.04 Å². The molecule has 2 aliphatic heterocycles. The van der Waals surface area contributed by atoms with Gasteiger partial charge in [-0.15, -0.1) is 0 Å². The van der Waals surface area contributed by atoms with Crippen LogP contribution in [0.15, 0.2) is 24.3 Å². The predicted octanol–water partition coefficient (Wildman–Crippen LogP) is 1.82. The average Bonchev–Trinajstić information content (AvgIpc) is 2.63. The summed E-state index contributed by atoms with van der Waals surface area (Å²) in [4.78, 5) is 27.4. The lowest BCUT2D eigenvalue weighted by Gasteiger charge is -2.37. The van der Waals surface area contributed by atoms with Gasteiger partial charge in [0.25, 0.3) is 0 Å². The van der Waals surface area contributed by atoms with E-state index >= 15 is 0 Å². The number of nitrogens with one attached hydrogen (secondary N) is 2. The van der Waals surface area contributed by atoms with E-state index in [1.165, 1.54) is 6.07 Å². The first-order valence-corrected chi connectivity index (χ1v) is 8.60. The molecule has 6 nitrogen and oxygen atoms in total. The highest BCUT2D eigenvalue weighted by Gasteiger charge is 2.32. The molecule has 1 unspecified atom stereocenters. The number of rotatable bonds is 2. The van der Waals surface area contributed by atoms with Gasteiger partial charge in [-0.2, -0.15) is 13.2 Å². The van der Waals surface area contributed by atoms with Crippen molar-refractivity contribution in [3.63, 3.8) is 0 Å². The van der Waals surface area contributed by atoms with Gasteiger partial charge in [-0.05, 0) is 31.0 Å². The molecule has 1 aromatic rings. The molecule has 0 bridgehead atoms. The molecule has 142 valence electrons. The average molecular weight is 370 g/mol. The highest BCUT2D eigenvalue weighted by Crippen LogP contribution is 2.31. The number of anilines is 1. The number of piperazine rings is 1. The number of carbonyl (C=O) groups excluding carboxylic acids is 2. The number of benzene rings is 1. The Kier molecular flexibility index (Phi) is 5.24. The van der Waals surface area contributed by atoms with Crippen molar-refractivity contribution in [1.29, 1.82) is 0 Å². The van der Waals surface area contributed by atoms with E-state index in [-0.39, 0.29) is 11.9 Å². The largest absolute Gasteiger partial charge is 0.416 e. The van der Waals surface area contributed by atoms with Crippen LogP contribution in [0.4, 0.5) is 23.7 Å². The number of piperidine rings is 1. The summed E-state index contributed by atoms with van der Waals surface area (Å²) in [6.07, 6.45) is -2.94. The van der Waals surface area contributed by atoms with Crippen LogP contribution >= 0.6 is 0 Å². The van der Waals surface area contributed by atoms with Gasteiger partial charge in [0.15, 0.2) is 0 Å². The molecule has 2 fully saturated rings. The van der Waals surface area contributed by atoms with E-state index in [1.54, 1.807) is 11.0 Å². The SMILES string of the molecule is O=C1NCCCC1NC(=O)N1CCN(c2cccc(C(F)(F)F)c2)CC1. The first kappa shape index (κ1) is 18.3. The van der Waals surface area contributed by atoms with Crippen LogP contribution in [0.3, 0.4) is 0 Å². The van der Waals surface area contributed by atoms with E-state index in [4.69, 9.17) is 0 Å². The number of nitrogens with zero attached hydrogens (tertiary/aromatic N) is 2. The number of alkyl halides is 3. The number of hydrogen-bond acceptors (Lipinski definition) is 3. The molecule has 1 atom stereocenters. The Balaban J connectivity index is 1.55. The molecule has 1 aromatic carbocycles. The molecule has 0 spiro atoms. The minimum atomic E-state index is -4.38. The molecule has 2 aliphatic rings. The summed E-state index contributed by atoms with van der Waals surface area (Å²) < 4.78 is 38.5. The van der Waals surface area contributed by atoms with E-state index in [0.29, 0.717) is 44.8 Å². The van der Waals surface area contributed by atoms with Crippen LogP contribution in [0.5, 0.6) is 0 Å². The van der Waals surface area contributed by atoms with E-state index in [9.17, 15) is 22.8 Å². The Bertz CT molecular complexity index is 672. The third-order valence-electron chi connectivity index (χ3n) is 4.69. The van der Waals surface area contributed by atoms with Gasteiger partial charge in [0, 0.05) is 38.4 Å². The Hall–Kier alpha value is -2.45. The second kappa shape index (κ2) is 7.43. The maximum absolute atomic E-state index is 12.8. The highest BCUT2D eigenvalue weighted by molar-refractivity contribution is 5.87. The molecular weight excluding hydrogens is 349 g/mol. The molecule has 0 saturated carbocycles. The smallest absolute Gasteiger partial charge is 0.368 e. The Labute approximate surface area is 149 Å². The second-order valence-electron chi connectivity index (χ2n) is 6.46. The Morgan fingerprint density at radius 3 is 2.58 bits per heavy atom. The summed E-state index contributed by atoms with van der Waals surface area (Å²) in [7, 11) is 0. The van der Waals surface area contributed by atoms with Crippen molar-refractivity contribution in [2.45, 2.75) is 25.1 Å². The number of urea groups is 1. The van der Waals surface area contributed by atoms with Crippen LogP contribution < -0.4 is 15.5 Å².